The molecule has 1 aromatic heterocycles. The summed E-state index contributed by atoms with van der Waals surface area (Å²) in [7, 11) is 0. The topological polar surface area (TPSA) is 68.0 Å². The molecule has 0 saturated heterocycles. The predicted octanol–water partition coefficient (Wildman–Crippen LogP) is 1.14. The number of pyridine rings is 1. The van der Waals surface area contributed by atoms with Crippen molar-refractivity contribution in [1.29, 1.82) is 0 Å². The van der Waals surface area contributed by atoms with Crippen LogP contribution in [0.1, 0.15) is 30.4 Å². The minimum Gasteiger partial charge on any atom is -0.352 e. The molecule has 3 N–H and O–H groups in total. The summed E-state index contributed by atoms with van der Waals surface area (Å²) in [4.78, 5) is 15.5. The van der Waals surface area contributed by atoms with Gasteiger partial charge in [0.05, 0.1) is 0 Å². The van der Waals surface area contributed by atoms with Gasteiger partial charge in [0.1, 0.15) is 0 Å². The van der Waals surface area contributed by atoms with Crippen molar-refractivity contribution >= 4 is 5.91 Å². The largest absolute Gasteiger partial charge is 0.352 e. The lowest BCUT2D eigenvalue weighted by Gasteiger charge is -2.06. The Morgan fingerprint density at radius 3 is 3.00 bits per heavy atom. The maximum atomic E-state index is 11.4. The number of nitrogens with zero attached hydrogens (tertiary/aromatic N) is 1. The Hall–Kier alpha value is -1.42. The molecule has 0 bridgehead atoms. The molecule has 1 amide bonds. The standard InChI is InChI=1S/C12H19N3O/c1-10-5-7-14-8-11(10)9-15-12(16)4-2-3-6-13/h5,7-8H,2-4,6,9,13H2,1H3,(H,15,16). The molecule has 0 aliphatic rings. The Kier molecular flexibility index (Phi) is 5.50. The summed E-state index contributed by atoms with van der Waals surface area (Å²) in [6, 6.07) is 1.94. The van der Waals surface area contributed by atoms with E-state index in [4.69, 9.17) is 5.73 Å². The molecule has 1 rings (SSSR count). The zero-order chi connectivity index (χ0) is 11.8. The highest BCUT2D eigenvalue weighted by molar-refractivity contribution is 5.75. The van der Waals surface area contributed by atoms with Crippen molar-refractivity contribution in [3.63, 3.8) is 0 Å². The SMILES string of the molecule is Cc1ccncc1CNC(=O)CCCCN. The summed E-state index contributed by atoms with van der Waals surface area (Å²) < 4.78 is 0. The maximum absolute atomic E-state index is 11.4. The molecule has 0 atom stereocenters. The number of unbranched alkanes of at least 4 members (excludes halogenated alkanes) is 1. The van der Waals surface area contributed by atoms with Crippen molar-refractivity contribution in [3.05, 3.63) is 29.6 Å². The van der Waals surface area contributed by atoms with E-state index in [0.29, 0.717) is 19.5 Å². The Morgan fingerprint density at radius 1 is 1.50 bits per heavy atom. The molecular formula is C12H19N3O. The molecule has 88 valence electrons. The quantitative estimate of drug-likeness (QED) is 0.708. The first kappa shape index (κ1) is 12.6. The molecule has 1 heterocycles. The minimum absolute atomic E-state index is 0.0803. The second-order valence-corrected chi connectivity index (χ2v) is 3.82. The number of nitrogens with one attached hydrogen (secondary N) is 1. The van der Waals surface area contributed by atoms with Crippen LogP contribution in [0.5, 0.6) is 0 Å². The number of hydrogen-bond donors (Lipinski definition) is 2. The van der Waals surface area contributed by atoms with Gasteiger partial charge in [0, 0.05) is 25.4 Å². The first-order valence-corrected chi connectivity index (χ1v) is 5.60. The van der Waals surface area contributed by atoms with Crippen molar-refractivity contribution in [2.75, 3.05) is 6.54 Å². The van der Waals surface area contributed by atoms with Crippen molar-refractivity contribution in [2.24, 2.45) is 5.73 Å². The summed E-state index contributed by atoms with van der Waals surface area (Å²) in [6.07, 6.45) is 5.85. The van der Waals surface area contributed by atoms with E-state index >= 15 is 0 Å². The fourth-order valence-electron chi connectivity index (χ4n) is 1.39. The Labute approximate surface area is 96.3 Å². The molecule has 4 heteroatoms. The van der Waals surface area contributed by atoms with Crippen LogP contribution in [0.25, 0.3) is 0 Å². The van der Waals surface area contributed by atoms with Crippen LogP contribution in [0.2, 0.25) is 0 Å². The molecule has 1 aromatic rings. The average molecular weight is 221 g/mol. The zero-order valence-corrected chi connectivity index (χ0v) is 9.70. The minimum atomic E-state index is 0.0803. The van der Waals surface area contributed by atoms with E-state index in [9.17, 15) is 4.79 Å². The molecule has 0 fully saturated rings. The first-order chi connectivity index (χ1) is 7.74. The summed E-state index contributed by atoms with van der Waals surface area (Å²) >= 11 is 0. The zero-order valence-electron chi connectivity index (χ0n) is 9.70. The van der Waals surface area contributed by atoms with Gasteiger partial charge in [-0.25, -0.2) is 0 Å². The predicted molar refractivity (Wildman–Crippen MR) is 63.7 cm³/mol. The van der Waals surface area contributed by atoms with Crippen LogP contribution in [0, 0.1) is 6.92 Å². The number of rotatable bonds is 6. The van der Waals surface area contributed by atoms with E-state index in [2.05, 4.69) is 10.3 Å². The van der Waals surface area contributed by atoms with Gasteiger partial charge >= 0.3 is 0 Å². The summed E-state index contributed by atoms with van der Waals surface area (Å²) in [5, 5.41) is 2.88. The van der Waals surface area contributed by atoms with Gasteiger partial charge in [-0.1, -0.05) is 0 Å². The van der Waals surface area contributed by atoms with Gasteiger partial charge in [0.15, 0.2) is 0 Å². The van der Waals surface area contributed by atoms with Crippen molar-refractivity contribution in [2.45, 2.75) is 32.7 Å². The van der Waals surface area contributed by atoms with Gasteiger partial charge in [-0.15, -0.1) is 0 Å². The van der Waals surface area contributed by atoms with Gasteiger partial charge in [-0.2, -0.15) is 0 Å². The van der Waals surface area contributed by atoms with Crippen LogP contribution in [-0.2, 0) is 11.3 Å². The van der Waals surface area contributed by atoms with Crippen molar-refractivity contribution in [3.8, 4) is 0 Å². The lowest BCUT2D eigenvalue weighted by molar-refractivity contribution is -0.121. The van der Waals surface area contributed by atoms with Crippen LogP contribution in [0.3, 0.4) is 0 Å². The molecule has 0 spiro atoms. The van der Waals surface area contributed by atoms with E-state index in [1.54, 1.807) is 12.4 Å². The number of amides is 1. The van der Waals surface area contributed by atoms with E-state index in [1.807, 2.05) is 13.0 Å². The monoisotopic (exact) mass is 221 g/mol. The third kappa shape index (κ3) is 4.40. The van der Waals surface area contributed by atoms with E-state index in [-0.39, 0.29) is 5.91 Å². The van der Waals surface area contributed by atoms with Gasteiger partial charge in [-0.05, 0) is 43.5 Å². The summed E-state index contributed by atoms with van der Waals surface area (Å²) in [6.45, 7) is 3.22. The third-order valence-corrected chi connectivity index (χ3v) is 2.48. The second kappa shape index (κ2) is 6.95. The molecule has 0 saturated carbocycles. The van der Waals surface area contributed by atoms with Gasteiger partial charge < -0.3 is 11.1 Å². The summed E-state index contributed by atoms with van der Waals surface area (Å²) in [5.74, 6) is 0.0803. The van der Waals surface area contributed by atoms with Crippen LogP contribution in [0.15, 0.2) is 18.5 Å². The molecule has 0 unspecified atom stereocenters. The molecule has 0 radical (unpaired) electrons. The average Bonchev–Trinajstić information content (AvgIpc) is 2.28. The highest BCUT2D eigenvalue weighted by atomic mass is 16.1. The summed E-state index contributed by atoms with van der Waals surface area (Å²) in [5.41, 5.74) is 7.57. The van der Waals surface area contributed by atoms with Crippen LogP contribution in [0.4, 0.5) is 0 Å². The van der Waals surface area contributed by atoms with Crippen LogP contribution in [-0.4, -0.2) is 17.4 Å². The Bertz CT molecular complexity index is 339. The second-order valence-electron chi connectivity index (χ2n) is 3.82. The molecule has 16 heavy (non-hydrogen) atoms. The van der Waals surface area contributed by atoms with Crippen LogP contribution >= 0.6 is 0 Å². The molecular weight excluding hydrogens is 202 g/mol. The fourth-order valence-corrected chi connectivity index (χ4v) is 1.39. The third-order valence-electron chi connectivity index (χ3n) is 2.48. The van der Waals surface area contributed by atoms with Crippen LogP contribution < -0.4 is 11.1 Å². The number of hydrogen-bond acceptors (Lipinski definition) is 3. The number of carbonyl (C=O) groups is 1. The van der Waals surface area contributed by atoms with E-state index in [1.165, 1.54) is 0 Å². The molecule has 0 aromatic carbocycles. The lowest BCUT2D eigenvalue weighted by Crippen LogP contribution is -2.23. The van der Waals surface area contributed by atoms with Gasteiger partial charge in [0.25, 0.3) is 0 Å². The molecule has 4 nitrogen and oxygen atoms in total. The highest BCUT2D eigenvalue weighted by Gasteiger charge is 2.02. The Morgan fingerprint density at radius 2 is 2.31 bits per heavy atom. The molecule has 0 aliphatic carbocycles. The van der Waals surface area contributed by atoms with Gasteiger partial charge in [-0.3, -0.25) is 9.78 Å². The number of aryl methyl sites for hydroxylation is 1. The van der Waals surface area contributed by atoms with Crippen molar-refractivity contribution in [1.82, 2.24) is 10.3 Å². The van der Waals surface area contributed by atoms with E-state index in [0.717, 1.165) is 24.0 Å². The smallest absolute Gasteiger partial charge is 0.220 e. The number of aromatic nitrogens is 1. The lowest BCUT2D eigenvalue weighted by atomic mass is 10.1. The van der Waals surface area contributed by atoms with Gasteiger partial charge in [0.2, 0.25) is 5.91 Å². The number of carbonyl (C=O) groups excluding carboxylic acids is 1. The van der Waals surface area contributed by atoms with Crippen molar-refractivity contribution < 1.29 is 4.79 Å². The molecule has 0 aliphatic heterocycles. The number of nitrogens with two attached hydrogens (primary N) is 1. The Balaban J connectivity index is 2.29. The fraction of sp³-hybridized carbons (Fsp3) is 0.500. The van der Waals surface area contributed by atoms with E-state index < -0.39 is 0 Å². The normalized spacial score (nSPS) is 10.1. The first-order valence-electron chi connectivity index (χ1n) is 5.60. The maximum Gasteiger partial charge on any atom is 0.220 e. The highest BCUT2D eigenvalue weighted by Crippen LogP contribution is 2.04.